The second kappa shape index (κ2) is 10.6. The molecule has 0 saturated heterocycles. The van der Waals surface area contributed by atoms with Gasteiger partial charge in [-0.3, -0.25) is 14.9 Å². The third-order valence-corrected chi connectivity index (χ3v) is 5.33. The zero-order valence-electron chi connectivity index (χ0n) is 16.8. The van der Waals surface area contributed by atoms with Crippen molar-refractivity contribution < 1.29 is 19.5 Å². The molecule has 0 aliphatic rings. The lowest BCUT2D eigenvalue weighted by Crippen LogP contribution is -2.37. The molecule has 1 atom stereocenters. The van der Waals surface area contributed by atoms with Crippen LogP contribution in [0.5, 0.6) is 0 Å². The highest BCUT2D eigenvalue weighted by Crippen LogP contribution is 2.35. The van der Waals surface area contributed by atoms with Crippen molar-refractivity contribution in [1.29, 1.82) is 0 Å². The smallest absolute Gasteiger partial charge is 0.320 e. The number of anilines is 1. The Balaban J connectivity index is 2.04. The number of rotatable bonds is 10. The SMILES string of the molecule is CC(C)C[C@H](NC/C=C/c1ccc(-c2cc(C(N)=O)c(NC(N)=O)s2)cc1)C(=O)O. The third kappa shape index (κ3) is 6.71. The fraction of sp³-hybridized carbons (Fsp3) is 0.286. The van der Waals surface area contributed by atoms with Gasteiger partial charge in [0, 0.05) is 11.4 Å². The van der Waals surface area contributed by atoms with Crippen LogP contribution in [0.15, 0.2) is 36.4 Å². The number of aliphatic carboxylic acids is 1. The molecule has 9 heteroatoms. The van der Waals surface area contributed by atoms with Crippen LogP contribution in [0.25, 0.3) is 16.5 Å². The molecule has 3 amide bonds. The molecule has 0 fully saturated rings. The van der Waals surface area contributed by atoms with E-state index in [4.69, 9.17) is 11.5 Å². The molecule has 2 rings (SSSR count). The number of primary amides is 2. The van der Waals surface area contributed by atoms with Gasteiger partial charge >= 0.3 is 12.0 Å². The molecule has 0 radical (unpaired) electrons. The number of thiophene rings is 1. The first kappa shape index (κ1) is 23.1. The van der Waals surface area contributed by atoms with E-state index >= 15 is 0 Å². The molecule has 2 aromatic rings. The van der Waals surface area contributed by atoms with E-state index in [1.54, 1.807) is 6.07 Å². The van der Waals surface area contributed by atoms with Crippen molar-refractivity contribution in [2.24, 2.45) is 17.4 Å². The molecule has 1 aromatic heterocycles. The summed E-state index contributed by atoms with van der Waals surface area (Å²) in [6, 6.07) is 7.86. The van der Waals surface area contributed by atoms with Crippen LogP contribution >= 0.6 is 11.3 Å². The molecule has 0 bridgehead atoms. The van der Waals surface area contributed by atoms with Crippen molar-refractivity contribution in [2.45, 2.75) is 26.3 Å². The van der Waals surface area contributed by atoms with E-state index in [1.807, 2.05) is 50.3 Å². The van der Waals surface area contributed by atoms with Crippen LogP contribution in [0.1, 0.15) is 36.2 Å². The maximum absolute atomic E-state index is 11.6. The lowest BCUT2D eigenvalue weighted by Gasteiger charge is -2.15. The Morgan fingerprint density at radius 3 is 2.37 bits per heavy atom. The summed E-state index contributed by atoms with van der Waals surface area (Å²) in [5, 5.41) is 15.0. The fourth-order valence-corrected chi connectivity index (χ4v) is 3.90. The highest BCUT2D eigenvalue weighted by Gasteiger charge is 2.17. The summed E-state index contributed by atoms with van der Waals surface area (Å²) in [5.74, 6) is -1.20. The Bertz CT molecular complexity index is 935. The second-order valence-corrected chi connectivity index (χ2v) is 8.21. The van der Waals surface area contributed by atoms with Crippen LogP contribution in [0.4, 0.5) is 9.80 Å². The van der Waals surface area contributed by atoms with Crippen LogP contribution in [0.2, 0.25) is 0 Å². The summed E-state index contributed by atoms with van der Waals surface area (Å²) >= 11 is 1.21. The molecular weight excluding hydrogens is 404 g/mol. The molecule has 30 heavy (non-hydrogen) atoms. The van der Waals surface area contributed by atoms with Crippen LogP contribution in [-0.2, 0) is 4.79 Å². The number of nitrogens with one attached hydrogen (secondary N) is 2. The Labute approximate surface area is 179 Å². The summed E-state index contributed by atoms with van der Waals surface area (Å²) < 4.78 is 0. The Hall–Kier alpha value is -3.17. The first-order valence-corrected chi connectivity index (χ1v) is 10.2. The van der Waals surface area contributed by atoms with E-state index in [9.17, 15) is 19.5 Å². The number of benzene rings is 1. The highest BCUT2D eigenvalue weighted by atomic mass is 32.1. The van der Waals surface area contributed by atoms with Crippen LogP contribution in [-0.4, -0.2) is 35.6 Å². The number of carboxylic acids is 1. The van der Waals surface area contributed by atoms with E-state index < -0.39 is 23.9 Å². The largest absolute Gasteiger partial charge is 0.480 e. The maximum atomic E-state index is 11.6. The van der Waals surface area contributed by atoms with Crippen molar-refractivity contribution in [3.63, 3.8) is 0 Å². The lowest BCUT2D eigenvalue weighted by molar-refractivity contribution is -0.139. The molecule has 160 valence electrons. The Morgan fingerprint density at radius 2 is 1.83 bits per heavy atom. The minimum atomic E-state index is -0.849. The van der Waals surface area contributed by atoms with E-state index in [0.717, 1.165) is 16.0 Å². The van der Waals surface area contributed by atoms with Gasteiger partial charge in [-0.25, -0.2) is 4.79 Å². The molecule has 1 heterocycles. The number of carbonyl (C=O) groups excluding carboxylic acids is 2. The third-order valence-electron chi connectivity index (χ3n) is 4.23. The molecule has 0 saturated carbocycles. The van der Waals surface area contributed by atoms with Gasteiger partial charge in [-0.1, -0.05) is 50.3 Å². The molecule has 0 aliphatic carbocycles. The van der Waals surface area contributed by atoms with Gasteiger partial charge in [0.1, 0.15) is 11.0 Å². The molecule has 0 spiro atoms. The molecule has 1 aromatic carbocycles. The zero-order valence-corrected chi connectivity index (χ0v) is 17.7. The normalized spacial score (nSPS) is 12.2. The van der Waals surface area contributed by atoms with Crippen LogP contribution in [0.3, 0.4) is 0 Å². The predicted molar refractivity (Wildman–Crippen MR) is 119 cm³/mol. The monoisotopic (exact) mass is 430 g/mol. The van der Waals surface area contributed by atoms with E-state index in [-0.39, 0.29) is 5.56 Å². The average molecular weight is 431 g/mol. The van der Waals surface area contributed by atoms with Gasteiger partial charge in [0.15, 0.2) is 0 Å². The van der Waals surface area contributed by atoms with Crippen molar-refractivity contribution in [1.82, 2.24) is 5.32 Å². The second-order valence-electron chi connectivity index (χ2n) is 7.16. The van der Waals surface area contributed by atoms with E-state index in [0.29, 0.717) is 23.9 Å². The minimum Gasteiger partial charge on any atom is -0.480 e. The molecular formula is C21H26N4O4S. The maximum Gasteiger partial charge on any atom is 0.320 e. The Kier molecular flexibility index (Phi) is 8.14. The van der Waals surface area contributed by atoms with Crippen molar-refractivity contribution in [3.8, 4) is 10.4 Å². The number of carboxylic acid groups (broad SMARTS) is 1. The van der Waals surface area contributed by atoms with Crippen molar-refractivity contribution in [2.75, 3.05) is 11.9 Å². The van der Waals surface area contributed by atoms with Crippen molar-refractivity contribution >= 4 is 40.3 Å². The fourth-order valence-electron chi connectivity index (χ4n) is 2.83. The van der Waals surface area contributed by atoms with Gasteiger partial charge in [0.25, 0.3) is 5.91 Å². The number of nitrogens with two attached hydrogens (primary N) is 2. The first-order chi connectivity index (χ1) is 14.2. The molecule has 0 aliphatic heterocycles. The summed E-state index contributed by atoms with van der Waals surface area (Å²) in [4.78, 5) is 34.7. The Morgan fingerprint density at radius 1 is 1.17 bits per heavy atom. The summed E-state index contributed by atoms with van der Waals surface area (Å²) in [6.45, 7) is 4.42. The summed E-state index contributed by atoms with van der Waals surface area (Å²) in [5.41, 5.74) is 12.5. The van der Waals surface area contributed by atoms with Gasteiger partial charge in [-0.15, -0.1) is 11.3 Å². The number of urea groups is 1. The quantitative estimate of drug-likeness (QED) is 0.393. The minimum absolute atomic E-state index is 0.207. The molecule has 8 nitrogen and oxygen atoms in total. The van der Waals surface area contributed by atoms with Gasteiger partial charge in [-0.05, 0) is 29.5 Å². The number of hydrogen-bond donors (Lipinski definition) is 5. The first-order valence-electron chi connectivity index (χ1n) is 9.40. The molecule has 7 N–H and O–H groups in total. The van der Waals surface area contributed by atoms with Crippen LogP contribution in [0, 0.1) is 5.92 Å². The van der Waals surface area contributed by atoms with E-state index in [2.05, 4.69) is 10.6 Å². The number of amides is 3. The lowest BCUT2D eigenvalue weighted by atomic mass is 10.0. The number of hydrogen-bond acceptors (Lipinski definition) is 5. The topological polar surface area (TPSA) is 148 Å². The summed E-state index contributed by atoms with van der Waals surface area (Å²) in [7, 11) is 0. The standard InChI is InChI=1S/C21H26N4O4S/c1-12(2)10-16(20(27)28)24-9-3-4-13-5-7-14(8-6-13)17-11-15(18(22)26)19(30-17)25-21(23)29/h3-8,11-12,16,24H,9-10H2,1-2H3,(H2,22,26)(H,27,28)(H3,23,25,29)/b4-3+/t16-/m0/s1. The van der Waals surface area contributed by atoms with Crippen LogP contribution < -0.4 is 22.1 Å². The summed E-state index contributed by atoms with van der Waals surface area (Å²) in [6.07, 6.45) is 4.34. The van der Waals surface area contributed by atoms with E-state index in [1.165, 1.54) is 11.3 Å². The zero-order chi connectivity index (χ0) is 22.3. The van der Waals surface area contributed by atoms with Gasteiger partial charge in [0.05, 0.1) is 5.56 Å². The number of carbonyl (C=O) groups is 3. The molecule has 0 unspecified atom stereocenters. The van der Waals surface area contributed by atoms with Gasteiger partial charge < -0.3 is 21.9 Å². The highest BCUT2D eigenvalue weighted by molar-refractivity contribution is 7.20. The van der Waals surface area contributed by atoms with Gasteiger partial charge in [-0.2, -0.15) is 0 Å². The predicted octanol–water partition coefficient (Wildman–Crippen LogP) is 3.11. The van der Waals surface area contributed by atoms with Gasteiger partial charge in [0.2, 0.25) is 0 Å². The van der Waals surface area contributed by atoms with Crippen molar-refractivity contribution in [3.05, 3.63) is 47.5 Å². The average Bonchev–Trinajstić information content (AvgIpc) is 3.07.